The van der Waals surface area contributed by atoms with Crippen molar-refractivity contribution >= 4 is 17.9 Å². The highest BCUT2D eigenvalue weighted by molar-refractivity contribution is 5.90. The van der Waals surface area contributed by atoms with Gasteiger partial charge >= 0.3 is 6.09 Å². The number of ether oxygens (including phenoxy) is 1. The van der Waals surface area contributed by atoms with Crippen LogP contribution >= 0.6 is 0 Å². The van der Waals surface area contributed by atoms with Crippen LogP contribution in [0.3, 0.4) is 0 Å². The summed E-state index contributed by atoms with van der Waals surface area (Å²) in [5, 5.41) is 5.62. The molecule has 7 heteroatoms. The predicted octanol–water partition coefficient (Wildman–Crippen LogP) is 5.98. The van der Waals surface area contributed by atoms with E-state index >= 15 is 0 Å². The minimum absolute atomic E-state index is 0.248. The second-order valence-corrected chi connectivity index (χ2v) is 10.8. The molecule has 0 heterocycles. The molecule has 1 unspecified atom stereocenters. The summed E-state index contributed by atoms with van der Waals surface area (Å²) in [5.41, 5.74) is 3.10. The van der Waals surface area contributed by atoms with E-state index in [2.05, 4.69) is 17.6 Å². The molecule has 0 saturated carbocycles. The summed E-state index contributed by atoms with van der Waals surface area (Å²) in [7, 11) is 0. The zero-order valence-electron chi connectivity index (χ0n) is 23.9. The molecular weight excluding hydrogens is 478 g/mol. The van der Waals surface area contributed by atoms with Crippen molar-refractivity contribution < 1.29 is 19.1 Å². The van der Waals surface area contributed by atoms with Crippen molar-refractivity contribution in [3.8, 4) is 0 Å². The second-order valence-electron chi connectivity index (χ2n) is 10.8. The van der Waals surface area contributed by atoms with Gasteiger partial charge in [-0.15, -0.1) is 0 Å². The molecule has 0 spiro atoms. The van der Waals surface area contributed by atoms with Crippen LogP contribution in [0.4, 0.5) is 4.79 Å². The third-order valence-corrected chi connectivity index (χ3v) is 6.42. The van der Waals surface area contributed by atoms with Crippen molar-refractivity contribution in [3.05, 3.63) is 70.8 Å². The van der Waals surface area contributed by atoms with Crippen molar-refractivity contribution in [2.45, 2.75) is 91.8 Å². The van der Waals surface area contributed by atoms with Crippen LogP contribution in [0.2, 0.25) is 0 Å². The monoisotopic (exact) mass is 523 g/mol. The van der Waals surface area contributed by atoms with Crippen molar-refractivity contribution in [2.75, 3.05) is 13.1 Å². The predicted molar refractivity (Wildman–Crippen MR) is 152 cm³/mol. The Morgan fingerprint density at radius 2 is 1.58 bits per heavy atom. The first-order chi connectivity index (χ1) is 18.0. The Labute approximate surface area is 228 Å². The largest absolute Gasteiger partial charge is 0.444 e. The smallest absolute Gasteiger partial charge is 0.408 e. The molecule has 0 saturated heterocycles. The molecule has 7 nitrogen and oxygen atoms in total. The summed E-state index contributed by atoms with van der Waals surface area (Å²) >= 11 is 0. The van der Waals surface area contributed by atoms with Crippen molar-refractivity contribution in [1.82, 2.24) is 15.5 Å². The molecule has 0 aliphatic rings. The van der Waals surface area contributed by atoms with Crippen LogP contribution in [0, 0.1) is 13.8 Å². The minimum atomic E-state index is -0.822. The Morgan fingerprint density at radius 1 is 0.895 bits per heavy atom. The van der Waals surface area contributed by atoms with E-state index in [0.29, 0.717) is 13.1 Å². The summed E-state index contributed by atoms with van der Waals surface area (Å²) in [6, 6.07) is 14.7. The van der Waals surface area contributed by atoms with Gasteiger partial charge in [0.2, 0.25) is 11.8 Å². The average Bonchev–Trinajstić information content (AvgIpc) is 2.87. The lowest BCUT2D eigenvalue weighted by Gasteiger charge is -2.33. The number of hydrogen-bond acceptors (Lipinski definition) is 4. The number of rotatable bonds is 13. The van der Waals surface area contributed by atoms with Crippen LogP contribution < -0.4 is 10.6 Å². The Kier molecular flexibility index (Phi) is 12.3. The molecule has 2 N–H and O–H groups in total. The molecule has 0 fully saturated rings. The molecule has 2 aromatic carbocycles. The number of benzene rings is 2. The van der Waals surface area contributed by atoms with Gasteiger partial charge in [0.05, 0.1) is 0 Å². The third kappa shape index (κ3) is 10.2. The number of amides is 3. The van der Waals surface area contributed by atoms with Crippen LogP contribution in [0.5, 0.6) is 0 Å². The zero-order valence-corrected chi connectivity index (χ0v) is 23.9. The van der Waals surface area contributed by atoms with Gasteiger partial charge in [-0.2, -0.15) is 0 Å². The number of aryl methyl sites for hydroxylation is 1. The summed E-state index contributed by atoms with van der Waals surface area (Å²) < 4.78 is 5.31. The summed E-state index contributed by atoms with van der Waals surface area (Å²) in [4.78, 5) is 41.3. The molecule has 0 aliphatic carbocycles. The van der Waals surface area contributed by atoms with Gasteiger partial charge in [-0.05, 0) is 63.3 Å². The lowest BCUT2D eigenvalue weighted by atomic mass is 9.95. The van der Waals surface area contributed by atoms with Crippen molar-refractivity contribution in [1.29, 1.82) is 0 Å². The van der Waals surface area contributed by atoms with E-state index in [-0.39, 0.29) is 18.4 Å². The van der Waals surface area contributed by atoms with Crippen LogP contribution in [-0.4, -0.2) is 41.5 Å². The number of carbonyl (C=O) groups is 3. The molecule has 3 amide bonds. The molecule has 2 rings (SSSR count). The average molecular weight is 524 g/mol. The topological polar surface area (TPSA) is 87.7 Å². The normalized spacial score (nSPS) is 11.9. The van der Waals surface area contributed by atoms with E-state index in [1.54, 1.807) is 25.7 Å². The standard InChI is InChI=1S/C31H45N3O4/c1-7-8-9-10-14-20-34(27(35)22-33-30(37)38-31(4,5)6)28(26-19-15-16-23(2)24(26)3)29(36)32-21-25-17-12-11-13-18-25/h11-13,15-19,28H,7-10,14,20-22H2,1-6H3,(H,32,36)(H,33,37). The highest BCUT2D eigenvalue weighted by atomic mass is 16.6. The molecular formula is C31H45N3O4. The highest BCUT2D eigenvalue weighted by Crippen LogP contribution is 2.27. The lowest BCUT2D eigenvalue weighted by Crippen LogP contribution is -2.48. The molecule has 208 valence electrons. The van der Waals surface area contributed by atoms with Gasteiger partial charge in [0.25, 0.3) is 0 Å². The summed E-state index contributed by atoms with van der Waals surface area (Å²) in [6.07, 6.45) is 4.39. The highest BCUT2D eigenvalue weighted by Gasteiger charge is 2.32. The lowest BCUT2D eigenvalue weighted by molar-refractivity contribution is -0.140. The molecule has 38 heavy (non-hydrogen) atoms. The van der Waals surface area contributed by atoms with Crippen molar-refractivity contribution in [2.24, 2.45) is 0 Å². The molecule has 1 atom stereocenters. The fourth-order valence-corrected chi connectivity index (χ4v) is 4.25. The number of unbranched alkanes of at least 4 members (excludes halogenated alkanes) is 4. The van der Waals surface area contributed by atoms with Crippen LogP contribution in [0.1, 0.15) is 88.1 Å². The van der Waals surface area contributed by atoms with E-state index < -0.39 is 17.7 Å². The van der Waals surface area contributed by atoms with Gasteiger partial charge in [0.1, 0.15) is 18.2 Å². The van der Waals surface area contributed by atoms with E-state index in [0.717, 1.165) is 54.4 Å². The summed E-state index contributed by atoms with van der Waals surface area (Å²) in [6.45, 7) is 12.0. The van der Waals surface area contributed by atoms with E-state index in [4.69, 9.17) is 4.74 Å². The Balaban J connectivity index is 2.34. The number of carbonyl (C=O) groups excluding carboxylic acids is 3. The third-order valence-electron chi connectivity index (χ3n) is 6.42. The molecule has 0 aromatic heterocycles. The molecule has 0 radical (unpaired) electrons. The number of hydrogen-bond donors (Lipinski definition) is 2. The van der Waals surface area contributed by atoms with Gasteiger partial charge in [-0.3, -0.25) is 9.59 Å². The maximum absolute atomic E-state index is 13.8. The van der Waals surface area contributed by atoms with Crippen LogP contribution in [0.15, 0.2) is 48.5 Å². The summed E-state index contributed by atoms with van der Waals surface area (Å²) in [5.74, 6) is -0.575. The van der Waals surface area contributed by atoms with Gasteiger partial charge in [-0.25, -0.2) is 4.79 Å². The zero-order chi connectivity index (χ0) is 28.1. The van der Waals surface area contributed by atoms with Crippen LogP contribution in [0.25, 0.3) is 0 Å². The Morgan fingerprint density at radius 3 is 2.24 bits per heavy atom. The van der Waals surface area contributed by atoms with Gasteiger partial charge in [0, 0.05) is 13.1 Å². The number of nitrogens with one attached hydrogen (secondary N) is 2. The molecule has 2 aromatic rings. The fraction of sp³-hybridized carbons (Fsp3) is 0.516. The van der Waals surface area contributed by atoms with Crippen molar-refractivity contribution in [3.63, 3.8) is 0 Å². The SMILES string of the molecule is CCCCCCCN(C(=O)CNC(=O)OC(C)(C)C)C(C(=O)NCc1ccccc1)c1cccc(C)c1C. The first-order valence-electron chi connectivity index (χ1n) is 13.7. The first kappa shape index (κ1) is 30.9. The van der Waals surface area contributed by atoms with E-state index in [1.165, 1.54) is 0 Å². The maximum atomic E-state index is 13.8. The second kappa shape index (κ2) is 15.2. The fourth-order valence-electron chi connectivity index (χ4n) is 4.25. The van der Waals surface area contributed by atoms with E-state index in [9.17, 15) is 14.4 Å². The maximum Gasteiger partial charge on any atom is 0.408 e. The van der Waals surface area contributed by atoms with Gasteiger partial charge < -0.3 is 20.3 Å². The molecule has 0 bridgehead atoms. The number of alkyl carbamates (subject to hydrolysis) is 1. The van der Waals surface area contributed by atoms with E-state index in [1.807, 2.05) is 62.4 Å². The van der Waals surface area contributed by atoms with Gasteiger partial charge in [0.15, 0.2) is 0 Å². The Bertz CT molecular complexity index is 1050. The first-order valence-corrected chi connectivity index (χ1v) is 13.7. The quantitative estimate of drug-likeness (QED) is 0.316. The van der Waals surface area contributed by atoms with Gasteiger partial charge in [-0.1, -0.05) is 81.1 Å². The number of nitrogens with zero attached hydrogens (tertiary/aromatic N) is 1. The minimum Gasteiger partial charge on any atom is -0.444 e. The van der Waals surface area contributed by atoms with Crippen LogP contribution in [-0.2, 0) is 20.9 Å². The molecule has 0 aliphatic heterocycles. The Hall–Kier alpha value is -3.35.